The Morgan fingerprint density at radius 3 is 2.68 bits per heavy atom. The summed E-state index contributed by atoms with van der Waals surface area (Å²) >= 11 is 0. The minimum atomic E-state index is -0.353. The van der Waals surface area contributed by atoms with Gasteiger partial charge in [-0.25, -0.2) is 9.37 Å². The first-order chi connectivity index (χ1) is 16.5. The van der Waals surface area contributed by atoms with Crippen LogP contribution in [0.4, 0.5) is 4.39 Å². The third-order valence-electron chi connectivity index (χ3n) is 5.81. The molecule has 1 N–H and O–H groups in total. The highest BCUT2D eigenvalue weighted by Crippen LogP contribution is 2.31. The lowest BCUT2D eigenvalue weighted by atomic mass is 9.92. The molecule has 2 aromatic carbocycles. The maximum Gasteiger partial charge on any atom is 0.221 e. The number of benzene rings is 2. The van der Waals surface area contributed by atoms with E-state index in [1.54, 1.807) is 12.3 Å². The molecule has 2 heterocycles. The highest BCUT2D eigenvalue weighted by Gasteiger charge is 2.23. The Hall–Kier alpha value is -3.67. The molecule has 0 aliphatic heterocycles. The van der Waals surface area contributed by atoms with Crippen LogP contribution in [0.3, 0.4) is 0 Å². The van der Waals surface area contributed by atoms with Gasteiger partial charge in [-0.05, 0) is 47.7 Å². The normalized spacial score (nSPS) is 12.1. The van der Waals surface area contributed by atoms with Gasteiger partial charge in [0, 0.05) is 31.3 Å². The molecular weight excluding hydrogens is 429 g/mol. The number of amides is 1. The topological polar surface area (TPSA) is 55.6 Å². The van der Waals surface area contributed by atoms with Crippen LogP contribution in [0.5, 0.6) is 5.75 Å². The second-order valence-corrected chi connectivity index (χ2v) is 8.87. The minimum absolute atomic E-state index is 0.0682. The molecular formula is C28H30FN3O2. The summed E-state index contributed by atoms with van der Waals surface area (Å²) in [6.07, 6.45) is 4.76. The predicted octanol–water partition coefficient (Wildman–Crippen LogP) is 5.74. The van der Waals surface area contributed by atoms with Gasteiger partial charge in [-0.2, -0.15) is 0 Å². The van der Waals surface area contributed by atoms with Gasteiger partial charge in [0.1, 0.15) is 12.4 Å². The highest BCUT2D eigenvalue weighted by molar-refractivity contribution is 5.77. The molecule has 5 nitrogen and oxygen atoms in total. The summed E-state index contributed by atoms with van der Waals surface area (Å²) in [6, 6.07) is 20.1. The van der Waals surface area contributed by atoms with Crippen molar-refractivity contribution in [1.29, 1.82) is 0 Å². The molecule has 4 rings (SSSR count). The monoisotopic (exact) mass is 459 g/mol. The molecule has 6 heteroatoms. The molecule has 1 unspecified atom stereocenters. The van der Waals surface area contributed by atoms with Crippen LogP contribution in [-0.2, 0) is 11.4 Å². The number of halogens is 1. The van der Waals surface area contributed by atoms with Gasteiger partial charge in [0.25, 0.3) is 0 Å². The van der Waals surface area contributed by atoms with Crippen LogP contribution >= 0.6 is 0 Å². The average molecular weight is 460 g/mol. The molecule has 2 aromatic heterocycles. The van der Waals surface area contributed by atoms with E-state index in [1.807, 2.05) is 59.1 Å². The molecule has 34 heavy (non-hydrogen) atoms. The number of imidazole rings is 1. The van der Waals surface area contributed by atoms with Crippen molar-refractivity contribution in [3.8, 4) is 5.75 Å². The lowest BCUT2D eigenvalue weighted by molar-refractivity contribution is -0.121. The van der Waals surface area contributed by atoms with Gasteiger partial charge in [-0.1, -0.05) is 56.3 Å². The minimum Gasteiger partial charge on any atom is -0.485 e. The molecule has 0 saturated heterocycles. The zero-order chi connectivity index (χ0) is 23.9. The lowest BCUT2D eigenvalue weighted by Gasteiger charge is -2.18. The van der Waals surface area contributed by atoms with E-state index in [4.69, 9.17) is 4.74 Å². The highest BCUT2D eigenvalue weighted by atomic mass is 19.1. The summed E-state index contributed by atoms with van der Waals surface area (Å²) in [5.74, 6) is 0.406. The molecule has 0 aliphatic carbocycles. The summed E-state index contributed by atoms with van der Waals surface area (Å²) in [4.78, 5) is 17.4. The van der Waals surface area contributed by atoms with Crippen LogP contribution in [0.15, 0.2) is 79.1 Å². The van der Waals surface area contributed by atoms with Gasteiger partial charge in [0.2, 0.25) is 5.91 Å². The third-order valence-corrected chi connectivity index (χ3v) is 5.81. The molecule has 0 saturated carbocycles. The second-order valence-electron chi connectivity index (χ2n) is 8.87. The van der Waals surface area contributed by atoms with Crippen LogP contribution < -0.4 is 10.1 Å². The van der Waals surface area contributed by atoms with Crippen molar-refractivity contribution < 1.29 is 13.9 Å². The summed E-state index contributed by atoms with van der Waals surface area (Å²) in [6.45, 7) is 5.29. The zero-order valence-corrected chi connectivity index (χ0v) is 19.6. The number of hydrogen-bond acceptors (Lipinski definition) is 3. The summed E-state index contributed by atoms with van der Waals surface area (Å²) in [7, 11) is 0. The van der Waals surface area contributed by atoms with Crippen LogP contribution in [0.1, 0.15) is 49.4 Å². The van der Waals surface area contributed by atoms with Gasteiger partial charge in [0.05, 0.1) is 5.69 Å². The first kappa shape index (κ1) is 23.5. The number of carbonyl (C=O) groups excluding carboxylic acids is 1. The SMILES string of the molecule is CC(C)CCNC(=O)CC(c1cccc(F)c1)c1cnc2c(OCc3ccccc3)cccn12. The number of hydrogen-bond donors (Lipinski definition) is 1. The van der Waals surface area contributed by atoms with E-state index in [2.05, 4.69) is 24.1 Å². The smallest absolute Gasteiger partial charge is 0.221 e. The molecule has 0 radical (unpaired) electrons. The molecule has 0 aliphatic rings. The second kappa shape index (κ2) is 11.0. The van der Waals surface area contributed by atoms with Gasteiger partial charge in [-0.3, -0.25) is 4.79 Å². The fraction of sp³-hybridized carbons (Fsp3) is 0.286. The Labute approximate surface area is 199 Å². The van der Waals surface area contributed by atoms with Crippen molar-refractivity contribution in [3.63, 3.8) is 0 Å². The summed E-state index contributed by atoms with van der Waals surface area (Å²) in [5.41, 5.74) is 3.27. The Bertz CT molecular complexity index is 1240. The lowest BCUT2D eigenvalue weighted by Crippen LogP contribution is -2.27. The number of nitrogens with one attached hydrogen (secondary N) is 1. The fourth-order valence-electron chi connectivity index (χ4n) is 3.98. The van der Waals surface area contributed by atoms with Crippen molar-refractivity contribution in [3.05, 3.63) is 102 Å². The third kappa shape index (κ3) is 5.81. The van der Waals surface area contributed by atoms with E-state index in [0.29, 0.717) is 30.5 Å². The number of nitrogens with zero attached hydrogens (tertiary/aromatic N) is 2. The van der Waals surface area contributed by atoms with Gasteiger partial charge in [0.15, 0.2) is 11.4 Å². The fourth-order valence-corrected chi connectivity index (χ4v) is 3.98. The first-order valence-corrected chi connectivity index (χ1v) is 11.7. The Morgan fingerprint density at radius 1 is 1.09 bits per heavy atom. The molecule has 1 amide bonds. The average Bonchev–Trinajstić information content (AvgIpc) is 3.26. The predicted molar refractivity (Wildman–Crippen MR) is 131 cm³/mol. The van der Waals surface area contributed by atoms with Crippen LogP contribution in [0.2, 0.25) is 0 Å². The van der Waals surface area contributed by atoms with Crippen molar-refractivity contribution in [2.75, 3.05) is 6.54 Å². The van der Waals surface area contributed by atoms with E-state index < -0.39 is 0 Å². The Morgan fingerprint density at radius 2 is 1.91 bits per heavy atom. The quantitative estimate of drug-likeness (QED) is 0.329. The number of carbonyl (C=O) groups is 1. The largest absolute Gasteiger partial charge is 0.485 e. The first-order valence-electron chi connectivity index (χ1n) is 11.7. The van der Waals surface area contributed by atoms with E-state index in [0.717, 1.165) is 23.2 Å². The number of rotatable bonds is 10. The zero-order valence-electron chi connectivity index (χ0n) is 19.6. The van der Waals surface area contributed by atoms with Crippen molar-refractivity contribution in [2.45, 2.75) is 39.2 Å². The number of pyridine rings is 1. The Balaban J connectivity index is 1.62. The van der Waals surface area contributed by atoms with Crippen molar-refractivity contribution >= 4 is 11.6 Å². The van der Waals surface area contributed by atoms with Gasteiger partial charge >= 0.3 is 0 Å². The molecule has 0 fully saturated rings. The standard InChI is InChI=1S/C28H30FN3O2/c1-20(2)13-14-30-27(33)17-24(22-10-6-11-23(29)16-22)25-18-31-28-26(12-7-15-32(25)28)34-19-21-8-4-3-5-9-21/h3-12,15-16,18,20,24H,13-14,17,19H2,1-2H3,(H,30,33). The van der Waals surface area contributed by atoms with Crippen LogP contribution in [-0.4, -0.2) is 21.8 Å². The molecule has 4 aromatic rings. The number of ether oxygens (including phenoxy) is 1. The van der Waals surface area contributed by atoms with E-state index in [-0.39, 0.29) is 24.1 Å². The maximum absolute atomic E-state index is 14.1. The van der Waals surface area contributed by atoms with Crippen LogP contribution in [0.25, 0.3) is 5.65 Å². The van der Waals surface area contributed by atoms with Gasteiger partial charge < -0.3 is 14.5 Å². The summed E-state index contributed by atoms with van der Waals surface area (Å²) < 4.78 is 22.1. The molecule has 1 atom stereocenters. The van der Waals surface area contributed by atoms with E-state index in [1.165, 1.54) is 12.1 Å². The molecule has 176 valence electrons. The number of fused-ring (bicyclic) bond motifs is 1. The van der Waals surface area contributed by atoms with Crippen molar-refractivity contribution in [2.24, 2.45) is 5.92 Å². The summed E-state index contributed by atoms with van der Waals surface area (Å²) in [5, 5.41) is 3.00. The number of aromatic nitrogens is 2. The Kier molecular flexibility index (Phi) is 7.58. The maximum atomic E-state index is 14.1. The van der Waals surface area contributed by atoms with Crippen LogP contribution in [0, 0.1) is 11.7 Å². The molecule has 0 spiro atoms. The van der Waals surface area contributed by atoms with Crippen molar-refractivity contribution in [1.82, 2.24) is 14.7 Å². The molecule has 0 bridgehead atoms. The van der Waals surface area contributed by atoms with Gasteiger partial charge in [-0.15, -0.1) is 0 Å². The van der Waals surface area contributed by atoms with E-state index >= 15 is 0 Å². The van der Waals surface area contributed by atoms with E-state index in [9.17, 15) is 9.18 Å².